The lowest BCUT2D eigenvalue weighted by Crippen LogP contribution is -2.16. The van der Waals surface area contributed by atoms with Crippen LogP contribution in [0.5, 0.6) is 0 Å². The zero-order valence-electron chi connectivity index (χ0n) is 17.4. The van der Waals surface area contributed by atoms with Crippen molar-refractivity contribution in [3.05, 3.63) is 35.6 Å². The monoisotopic (exact) mass is 455 g/mol. The summed E-state index contributed by atoms with van der Waals surface area (Å²) in [6.07, 6.45) is 15.8. The Hall–Kier alpha value is -3.20. The molecule has 8 nitrogen and oxygen atoms in total. The largest absolute Gasteiger partial charge is 0.378 e. The van der Waals surface area contributed by atoms with Crippen molar-refractivity contribution in [3.63, 3.8) is 0 Å². The highest BCUT2D eigenvalue weighted by Crippen LogP contribution is 2.41. The molecule has 0 radical (unpaired) electrons. The molecule has 0 atom stereocenters. The van der Waals surface area contributed by atoms with Gasteiger partial charge in [0.05, 0.1) is 40.5 Å². The number of nitrogens with zero attached hydrogens (tertiary/aromatic N) is 4. The molecule has 1 amide bonds. The average molecular weight is 456 g/mol. The van der Waals surface area contributed by atoms with Crippen molar-refractivity contribution in [2.45, 2.75) is 51.0 Å². The van der Waals surface area contributed by atoms with E-state index in [-0.39, 0.29) is 11.1 Å². The Morgan fingerprint density at radius 2 is 1.94 bits per heavy atom. The van der Waals surface area contributed by atoms with E-state index in [9.17, 15) is 4.79 Å². The molecule has 0 unspecified atom stereocenters. The van der Waals surface area contributed by atoms with Crippen LogP contribution in [0, 0.1) is 5.82 Å². The standard InChI is InChI=1S/C19H17ClFN7O.C3H6/c20-16-15(12-7-28-8-13(23-9-29)26-14(28)6-22-12)11-5-24-27-18(11)19(17(16)21)25-10-3-1-2-4-10;1-2-3-1/h5-10,25H,1-4H2,(H,23,29)(H,24,27);1-3H2. The van der Waals surface area contributed by atoms with Gasteiger partial charge in [-0.15, -0.1) is 0 Å². The van der Waals surface area contributed by atoms with Crippen molar-refractivity contribution >= 4 is 46.1 Å². The van der Waals surface area contributed by atoms with Gasteiger partial charge in [-0.1, -0.05) is 43.7 Å². The number of hydrogen-bond acceptors (Lipinski definition) is 5. The number of H-pyrrole nitrogens is 1. The molecule has 2 fully saturated rings. The molecule has 3 N–H and O–H groups in total. The van der Waals surface area contributed by atoms with Gasteiger partial charge in [-0.05, 0) is 12.8 Å². The summed E-state index contributed by atoms with van der Waals surface area (Å²) in [5.41, 5.74) is 2.36. The van der Waals surface area contributed by atoms with Crippen molar-refractivity contribution in [3.8, 4) is 11.3 Å². The van der Waals surface area contributed by atoms with E-state index in [2.05, 4.69) is 30.8 Å². The summed E-state index contributed by atoms with van der Waals surface area (Å²) in [7, 11) is 0. The Balaban J connectivity index is 0.000000666. The van der Waals surface area contributed by atoms with Crippen LogP contribution in [0.4, 0.5) is 15.9 Å². The first-order valence-corrected chi connectivity index (χ1v) is 11.2. The number of carbonyl (C=O) groups excluding carboxylic acids is 1. The van der Waals surface area contributed by atoms with E-state index in [1.165, 1.54) is 25.5 Å². The zero-order chi connectivity index (χ0) is 22.1. The number of benzene rings is 1. The lowest BCUT2D eigenvalue weighted by Gasteiger charge is -2.17. The predicted octanol–water partition coefficient (Wildman–Crippen LogP) is 5.16. The maximum absolute atomic E-state index is 15.3. The first kappa shape index (κ1) is 20.7. The van der Waals surface area contributed by atoms with Crippen LogP contribution in [0.15, 0.2) is 24.8 Å². The SMILES string of the molecule is C1CC1.O=CNc1cn2cc(-c3c(Cl)c(F)c(NC4CCCC4)c4[nH]ncc34)ncc2n1. The molecule has 3 aromatic heterocycles. The smallest absolute Gasteiger partial charge is 0.212 e. The highest BCUT2D eigenvalue weighted by molar-refractivity contribution is 6.35. The summed E-state index contributed by atoms with van der Waals surface area (Å²) in [6.45, 7) is 0. The molecule has 166 valence electrons. The van der Waals surface area contributed by atoms with Crippen LogP contribution in [0.2, 0.25) is 5.02 Å². The molecule has 2 saturated carbocycles. The van der Waals surface area contributed by atoms with E-state index in [0.29, 0.717) is 45.7 Å². The summed E-state index contributed by atoms with van der Waals surface area (Å²) in [4.78, 5) is 19.3. The number of anilines is 2. The van der Waals surface area contributed by atoms with Crippen molar-refractivity contribution in [1.82, 2.24) is 24.6 Å². The van der Waals surface area contributed by atoms with Crippen molar-refractivity contribution in [1.29, 1.82) is 0 Å². The van der Waals surface area contributed by atoms with Crippen LogP contribution in [0.1, 0.15) is 44.9 Å². The van der Waals surface area contributed by atoms with Crippen LogP contribution >= 0.6 is 11.6 Å². The van der Waals surface area contributed by atoms with Crippen molar-refractivity contribution in [2.75, 3.05) is 10.6 Å². The zero-order valence-corrected chi connectivity index (χ0v) is 18.1. The van der Waals surface area contributed by atoms with Crippen molar-refractivity contribution < 1.29 is 9.18 Å². The fourth-order valence-corrected chi connectivity index (χ4v) is 4.23. The molecule has 0 saturated heterocycles. The topological polar surface area (TPSA) is 100 Å². The van der Waals surface area contributed by atoms with E-state index in [4.69, 9.17) is 11.6 Å². The van der Waals surface area contributed by atoms with Gasteiger partial charge in [-0.2, -0.15) is 5.10 Å². The summed E-state index contributed by atoms with van der Waals surface area (Å²) in [6, 6.07) is 0.224. The predicted molar refractivity (Wildman–Crippen MR) is 122 cm³/mol. The third-order valence-electron chi connectivity index (χ3n) is 5.65. The van der Waals surface area contributed by atoms with Gasteiger partial charge >= 0.3 is 0 Å². The van der Waals surface area contributed by atoms with Crippen LogP contribution < -0.4 is 10.6 Å². The van der Waals surface area contributed by atoms with E-state index in [0.717, 1.165) is 25.7 Å². The number of imidazole rings is 1. The molecule has 6 rings (SSSR count). The van der Waals surface area contributed by atoms with Gasteiger partial charge in [-0.3, -0.25) is 14.9 Å². The van der Waals surface area contributed by atoms with Crippen LogP contribution in [-0.4, -0.2) is 37.0 Å². The second kappa shape index (κ2) is 8.74. The molecule has 0 bridgehead atoms. The van der Waals surface area contributed by atoms with Gasteiger partial charge in [-0.25, -0.2) is 9.37 Å². The Morgan fingerprint density at radius 3 is 2.66 bits per heavy atom. The molecule has 10 heteroatoms. The number of fused-ring (bicyclic) bond motifs is 2. The molecule has 0 aliphatic heterocycles. The van der Waals surface area contributed by atoms with E-state index >= 15 is 4.39 Å². The minimum Gasteiger partial charge on any atom is -0.378 e. The van der Waals surface area contributed by atoms with Crippen LogP contribution in [0.25, 0.3) is 27.8 Å². The third-order valence-corrected chi connectivity index (χ3v) is 6.01. The van der Waals surface area contributed by atoms with Gasteiger partial charge < -0.3 is 15.0 Å². The van der Waals surface area contributed by atoms with Gasteiger partial charge in [0.25, 0.3) is 0 Å². The second-order valence-corrected chi connectivity index (χ2v) is 8.53. The van der Waals surface area contributed by atoms with Gasteiger partial charge in [0.2, 0.25) is 6.41 Å². The number of nitrogens with one attached hydrogen (secondary N) is 3. The van der Waals surface area contributed by atoms with Crippen LogP contribution in [0.3, 0.4) is 0 Å². The van der Waals surface area contributed by atoms with E-state index in [1.54, 1.807) is 23.0 Å². The number of aromatic nitrogens is 5. The summed E-state index contributed by atoms with van der Waals surface area (Å²) in [5, 5.41) is 13.5. The number of hydrogen-bond donors (Lipinski definition) is 3. The summed E-state index contributed by atoms with van der Waals surface area (Å²) < 4.78 is 17.0. The van der Waals surface area contributed by atoms with Crippen LogP contribution in [-0.2, 0) is 4.79 Å². The number of carbonyl (C=O) groups is 1. The summed E-state index contributed by atoms with van der Waals surface area (Å²) in [5.74, 6) is -0.137. The Morgan fingerprint density at radius 1 is 1.16 bits per heavy atom. The number of rotatable bonds is 5. The average Bonchev–Trinajstić information content (AvgIpc) is 3.27. The van der Waals surface area contributed by atoms with Gasteiger partial charge in [0.15, 0.2) is 17.3 Å². The number of halogens is 2. The highest BCUT2D eigenvalue weighted by Gasteiger charge is 2.25. The minimum atomic E-state index is -0.527. The lowest BCUT2D eigenvalue weighted by atomic mass is 10.0. The quantitative estimate of drug-likeness (QED) is 0.361. The molecule has 2 aliphatic rings. The second-order valence-electron chi connectivity index (χ2n) is 8.15. The normalized spacial score (nSPS) is 15.6. The maximum atomic E-state index is 15.3. The molecule has 3 heterocycles. The maximum Gasteiger partial charge on any atom is 0.212 e. The van der Waals surface area contributed by atoms with Gasteiger partial charge in [0, 0.05) is 23.2 Å². The number of amides is 1. The highest BCUT2D eigenvalue weighted by atomic mass is 35.5. The molecular formula is C22H23ClFN7O. The number of aromatic amines is 1. The van der Waals surface area contributed by atoms with Crippen molar-refractivity contribution in [2.24, 2.45) is 0 Å². The minimum absolute atomic E-state index is 0.0161. The Bertz CT molecular complexity index is 1270. The fourth-order valence-electron chi connectivity index (χ4n) is 3.93. The Labute approximate surface area is 188 Å². The lowest BCUT2D eigenvalue weighted by molar-refractivity contribution is -0.105. The first-order chi connectivity index (χ1) is 15.7. The molecular weight excluding hydrogens is 433 g/mol. The first-order valence-electron chi connectivity index (χ1n) is 10.8. The summed E-state index contributed by atoms with van der Waals surface area (Å²) >= 11 is 6.48. The third kappa shape index (κ3) is 4.00. The van der Waals surface area contributed by atoms with Gasteiger partial charge in [0.1, 0.15) is 0 Å². The van der Waals surface area contributed by atoms with E-state index < -0.39 is 5.82 Å². The molecule has 32 heavy (non-hydrogen) atoms. The molecule has 4 aromatic rings. The van der Waals surface area contributed by atoms with E-state index in [1.807, 2.05) is 0 Å². The Kier molecular flexibility index (Phi) is 5.65. The molecule has 0 spiro atoms. The molecule has 2 aliphatic carbocycles. The fraction of sp³-hybridized carbons (Fsp3) is 0.364. The molecule has 1 aromatic carbocycles.